The maximum absolute atomic E-state index is 12.5. The molecule has 1 heterocycles. The lowest BCUT2D eigenvalue weighted by Crippen LogP contribution is -2.22. The van der Waals surface area contributed by atoms with Crippen molar-refractivity contribution < 1.29 is 14.3 Å². The van der Waals surface area contributed by atoms with Crippen LogP contribution < -0.4 is 14.8 Å². The predicted molar refractivity (Wildman–Crippen MR) is 103 cm³/mol. The van der Waals surface area contributed by atoms with E-state index in [9.17, 15) is 4.79 Å². The van der Waals surface area contributed by atoms with Crippen LogP contribution in [0.25, 0.3) is 5.69 Å². The van der Waals surface area contributed by atoms with Crippen molar-refractivity contribution in [2.75, 3.05) is 7.11 Å². The predicted octanol–water partition coefficient (Wildman–Crippen LogP) is 3.60. The number of hydrogen-bond donors (Lipinski definition) is 1. The first-order valence-corrected chi connectivity index (χ1v) is 8.78. The molecule has 0 bridgehead atoms. The van der Waals surface area contributed by atoms with Gasteiger partial charge in [-0.05, 0) is 55.8 Å². The Labute approximate surface area is 158 Å². The first-order chi connectivity index (χ1) is 13.1. The highest BCUT2D eigenvalue weighted by molar-refractivity contribution is 5.94. The molecule has 140 valence electrons. The van der Waals surface area contributed by atoms with Gasteiger partial charge in [-0.3, -0.25) is 4.79 Å². The van der Waals surface area contributed by atoms with Crippen molar-refractivity contribution in [1.82, 2.24) is 15.1 Å². The monoisotopic (exact) mass is 365 g/mol. The fourth-order valence-corrected chi connectivity index (χ4v) is 2.63. The topological polar surface area (TPSA) is 65.4 Å². The minimum absolute atomic E-state index is 0.0308. The summed E-state index contributed by atoms with van der Waals surface area (Å²) >= 11 is 0. The molecule has 2 aromatic carbocycles. The number of benzene rings is 2. The van der Waals surface area contributed by atoms with Crippen LogP contribution in [0.4, 0.5) is 0 Å². The Morgan fingerprint density at radius 1 is 1.15 bits per heavy atom. The van der Waals surface area contributed by atoms with Gasteiger partial charge in [0.25, 0.3) is 5.91 Å². The van der Waals surface area contributed by atoms with Crippen LogP contribution in [0.15, 0.2) is 60.9 Å². The molecule has 3 aromatic rings. The van der Waals surface area contributed by atoms with E-state index in [1.807, 2.05) is 50.4 Å². The fourth-order valence-electron chi connectivity index (χ4n) is 2.63. The van der Waals surface area contributed by atoms with E-state index in [-0.39, 0.29) is 12.0 Å². The van der Waals surface area contributed by atoms with E-state index in [1.54, 1.807) is 36.2 Å². The highest BCUT2D eigenvalue weighted by Crippen LogP contribution is 2.29. The largest absolute Gasteiger partial charge is 0.493 e. The van der Waals surface area contributed by atoms with Crippen LogP contribution in [0.1, 0.15) is 29.8 Å². The number of carbonyl (C=O) groups excluding carboxylic acids is 1. The number of carbonyl (C=O) groups is 1. The molecule has 6 heteroatoms. The zero-order chi connectivity index (χ0) is 19.2. The lowest BCUT2D eigenvalue weighted by molar-refractivity contribution is 0.0950. The van der Waals surface area contributed by atoms with Crippen LogP contribution in [0.5, 0.6) is 11.5 Å². The summed E-state index contributed by atoms with van der Waals surface area (Å²) in [5.74, 6) is 0.999. The van der Waals surface area contributed by atoms with Gasteiger partial charge in [0.2, 0.25) is 0 Å². The Kier molecular flexibility index (Phi) is 5.76. The standard InChI is InChI=1S/C21H23N3O3/c1-15(2)27-19-10-7-17(13-20(19)26-3)21(25)22-14-16-5-8-18(9-6-16)24-12-4-11-23-24/h4-13,15H,14H2,1-3H3,(H,22,25). The maximum Gasteiger partial charge on any atom is 0.251 e. The van der Waals surface area contributed by atoms with Crippen molar-refractivity contribution in [2.24, 2.45) is 0 Å². The van der Waals surface area contributed by atoms with Gasteiger partial charge in [0.05, 0.1) is 18.9 Å². The van der Waals surface area contributed by atoms with E-state index in [0.29, 0.717) is 23.6 Å². The zero-order valence-corrected chi connectivity index (χ0v) is 15.7. The van der Waals surface area contributed by atoms with Crippen LogP contribution in [0, 0.1) is 0 Å². The molecule has 6 nitrogen and oxygen atoms in total. The second kappa shape index (κ2) is 8.40. The Hall–Kier alpha value is -3.28. The molecule has 1 N–H and O–H groups in total. The van der Waals surface area contributed by atoms with Gasteiger partial charge in [0, 0.05) is 24.5 Å². The second-order valence-electron chi connectivity index (χ2n) is 6.33. The summed E-state index contributed by atoms with van der Waals surface area (Å²) in [6.07, 6.45) is 3.65. The van der Waals surface area contributed by atoms with Crippen molar-refractivity contribution in [2.45, 2.75) is 26.5 Å². The molecule has 0 aliphatic carbocycles. The van der Waals surface area contributed by atoms with Crippen molar-refractivity contribution in [3.05, 3.63) is 72.1 Å². The molecule has 0 saturated heterocycles. The maximum atomic E-state index is 12.5. The SMILES string of the molecule is COc1cc(C(=O)NCc2ccc(-n3cccn3)cc2)ccc1OC(C)C. The summed E-state index contributed by atoms with van der Waals surface area (Å²) in [5.41, 5.74) is 2.50. The highest BCUT2D eigenvalue weighted by atomic mass is 16.5. The smallest absolute Gasteiger partial charge is 0.251 e. The van der Waals surface area contributed by atoms with Gasteiger partial charge >= 0.3 is 0 Å². The number of hydrogen-bond acceptors (Lipinski definition) is 4. The summed E-state index contributed by atoms with van der Waals surface area (Å²) in [5, 5.41) is 7.12. The Morgan fingerprint density at radius 3 is 2.56 bits per heavy atom. The van der Waals surface area contributed by atoms with E-state index in [0.717, 1.165) is 11.3 Å². The first-order valence-electron chi connectivity index (χ1n) is 8.78. The van der Waals surface area contributed by atoms with Gasteiger partial charge in [-0.2, -0.15) is 5.10 Å². The molecule has 1 aromatic heterocycles. The third-order valence-electron chi connectivity index (χ3n) is 3.95. The molecular formula is C21H23N3O3. The van der Waals surface area contributed by atoms with Gasteiger partial charge in [0.1, 0.15) is 0 Å². The molecule has 0 atom stereocenters. The number of nitrogens with zero attached hydrogens (tertiary/aromatic N) is 2. The number of ether oxygens (including phenoxy) is 2. The van der Waals surface area contributed by atoms with Crippen molar-refractivity contribution >= 4 is 5.91 Å². The van der Waals surface area contributed by atoms with Gasteiger partial charge in [0.15, 0.2) is 11.5 Å². The van der Waals surface area contributed by atoms with E-state index >= 15 is 0 Å². The van der Waals surface area contributed by atoms with E-state index in [4.69, 9.17) is 9.47 Å². The lowest BCUT2D eigenvalue weighted by atomic mass is 10.1. The summed E-state index contributed by atoms with van der Waals surface area (Å²) in [4.78, 5) is 12.5. The minimum Gasteiger partial charge on any atom is -0.493 e. The second-order valence-corrected chi connectivity index (χ2v) is 6.33. The van der Waals surface area contributed by atoms with Crippen LogP contribution in [-0.2, 0) is 6.54 Å². The average Bonchev–Trinajstić information content (AvgIpc) is 3.21. The number of aromatic nitrogens is 2. The lowest BCUT2D eigenvalue weighted by Gasteiger charge is -2.14. The molecule has 3 rings (SSSR count). The molecule has 0 spiro atoms. The van der Waals surface area contributed by atoms with Gasteiger partial charge < -0.3 is 14.8 Å². The Bertz CT molecular complexity index is 888. The summed E-state index contributed by atoms with van der Waals surface area (Å²) < 4.78 is 12.8. The normalized spacial score (nSPS) is 10.7. The molecule has 0 radical (unpaired) electrons. The molecular weight excluding hydrogens is 342 g/mol. The Balaban J connectivity index is 1.63. The average molecular weight is 365 g/mol. The number of nitrogens with one attached hydrogen (secondary N) is 1. The molecule has 0 saturated carbocycles. The zero-order valence-electron chi connectivity index (χ0n) is 15.7. The van der Waals surface area contributed by atoms with Gasteiger partial charge in [-0.25, -0.2) is 4.68 Å². The molecule has 27 heavy (non-hydrogen) atoms. The summed E-state index contributed by atoms with van der Waals surface area (Å²) in [6, 6.07) is 14.9. The number of amides is 1. The van der Waals surface area contributed by atoms with Crippen molar-refractivity contribution in [3.8, 4) is 17.2 Å². The van der Waals surface area contributed by atoms with Gasteiger partial charge in [-0.1, -0.05) is 12.1 Å². The third kappa shape index (κ3) is 4.67. The number of methoxy groups -OCH3 is 1. The van der Waals surface area contributed by atoms with Crippen LogP contribution >= 0.6 is 0 Å². The Morgan fingerprint density at radius 2 is 1.93 bits per heavy atom. The first kappa shape index (κ1) is 18.5. The highest BCUT2D eigenvalue weighted by Gasteiger charge is 2.12. The van der Waals surface area contributed by atoms with Crippen molar-refractivity contribution in [1.29, 1.82) is 0 Å². The molecule has 0 fully saturated rings. The van der Waals surface area contributed by atoms with Gasteiger partial charge in [-0.15, -0.1) is 0 Å². The molecule has 0 aliphatic heterocycles. The minimum atomic E-state index is -0.166. The van der Waals surface area contributed by atoms with E-state index in [1.165, 1.54) is 0 Å². The van der Waals surface area contributed by atoms with Crippen molar-refractivity contribution in [3.63, 3.8) is 0 Å². The third-order valence-corrected chi connectivity index (χ3v) is 3.95. The molecule has 1 amide bonds. The molecule has 0 unspecified atom stereocenters. The molecule has 0 aliphatic rings. The van der Waals surface area contributed by atoms with E-state index < -0.39 is 0 Å². The summed E-state index contributed by atoms with van der Waals surface area (Å²) in [6.45, 7) is 4.32. The van der Waals surface area contributed by atoms with Crippen LogP contribution in [-0.4, -0.2) is 28.9 Å². The van der Waals surface area contributed by atoms with Crippen LogP contribution in [0.3, 0.4) is 0 Å². The summed E-state index contributed by atoms with van der Waals surface area (Å²) in [7, 11) is 1.56. The quantitative estimate of drug-likeness (QED) is 0.695. The van der Waals surface area contributed by atoms with E-state index in [2.05, 4.69) is 10.4 Å². The number of rotatable bonds is 7. The fraction of sp³-hybridized carbons (Fsp3) is 0.238. The van der Waals surface area contributed by atoms with Crippen LogP contribution in [0.2, 0.25) is 0 Å².